The van der Waals surface area contributed by atoms with Gasteiger partial charge in [-0.15, -0.1) is 11.3 Å². The molecule has 0 aliphatic carbocycles. The number of hydrogen-bond donors (Lipinski definition) is 2. The van der Waals surface area contributed by atoms with E-state index in [1.807, 2.05) is 36.4 Å². The van der Waals surface area contributed by atoms with Crippen LogP contribution in [0.1, 0.15) is 15.2 Å². The number of piperazine rings is 1. The number of carbonyl (C=O) groups excluding carboxylic acids is 1. The van der Waals surface area contributed by atoms with Crippen LogP contribution in [0.3, 0.4) is 0 Å². The van der Waals surface area contributed by atoms with Gasteiger partial charge in [-0.2, -0.15) is 0 Å². The number of halogens is 1. The van der Waals surface area contributed by atoms with E-state index in [-0.39, 0.29) is 0 Å². The van der Waals surface area contributed by atoms with Gasteiger partial charge in [0.1, 0.15) is 12.6 Å². The molecule has 1 aromatic carbocycles. The lowest BCUT2D eigenvalue weighted by molar-refractivity contribution is -0.903. The smallest absolute Gasteiger partial charge is 0.160 e. The molecule has 0 saturated carbocycles. The monoisotopic (exact) mass is 395 g/mol. The lowest BCUT2D eigenvalue weighted by Gasteiger charge is -2.33. The van der Waals surface area contributed by atoms with Crippen molar-refractivity contribution >= 4 is 34.2 Å². The summed E-state index contributed by atoms with van der Waals surface area (Å²) in [5.74, 6) is 0. The van der Waals surface area contributed by atoms with E-state index < -0.39 is 6.10 Å². The van der Waals surface area contributed by atoms with E-state index in [9.17, 15) is 9.90 Å². The van der Waals surface area contributed by atoms with E-state index >= 15 is 0 Å². The van der Waals surface area contributed by atoms with Crippen LogP contribution in [0.25, 0.3) is 0 Å². The topological polar surface area (TPSA) is 54.2 Å². The maximum absolute atomic E-state index is 10.8. The van der Waals surface area contributed by atoms with Gasteiger partial charge in [0.2, 0.25) is 0 Å². The SMILES string of the molecule is O=Cc1ccc(N2CC[NH+](C[C@H](O)COCc3ccccc3Cl)CC2)s1. The second-order valence-electron chi connectivity index (χ2n) is 6.50. The molecule has 2 N–H and O–H groups in total. The van der Waals surface area contributed by atoms with Crippen LogP contribution in [-0.2, 0) is 11.3 Å². The van der Waals surface area contributed by atoms with Crippen molar-refractivity contribution in [2.24, 2.45) is 0 Å². The third-order valence-corrected chi connectivity index (χ3v) is 6.00. The molecule has 7 heteroatoms. The van der Waals surface area contributed by atoms with Crippen molar-refractivity contribution in [2.45, 2.75) is 12.7 Å². The maximum atomic E-state index is 10.8. The van der Waals surface area contributed by atoms with Gasteiger partial charge in [-0.25, -0.2) is 0 Å². The minimum atomic E-state index is -0.484. The summed E-state index contributed by atoms with van der Waals surface area (Å²) >= 11 is 7.63. The van der Waals surface area contributed by atoms with Crippen molar-refractivity contribution in [1.82, 2.24) is 0 Å². The van der Waals surface area contributed by atoms with Crippen molar-refractivity contribution in [3.63, 3.8) is 0 Å². The number of hydrogen-bond acceptors (Lipinski definition) is 5. The summed E-state index contributed by atoms with van der Waals surface area (Å²) < 4.78 is 5.62. The average Bonchev–Trinajstić information content (AvgIpc) is 3.13. The molecule has 1 fully saturated rings. The number of thiophene rings is 1. The molecule has 1 aliphatic rings. The summed E-state index contributed by atoms with van der Waals surface area (Å²) in [6.45, 7) is 5.21. The van der Waals surface area contributed by atoms with Gasteiger partial charge in [0.15, 0.2) is 6.29 Å². The third kappa shape index (κ3) is 5.28. The Bertz CT molecular complexity index is 716. The number of rotatable bonds is 8. The second kappa shape index (κ2) is 9.48. The van der Waals surface area contributed by atoms with E-state index in [0.29, 0.717) is 24.8 Å². The van der Waals surface area contributed by atoms with Gasteiger partial charge in [0.25, 0.3) is 0 Å². The molecule has 0 radical (unpaired) electrons. The van der Waals surface area contributed by atoms with Crippen molar-refractivity contribution in [2.75, 3.05) is 44.2 Å². The molecule has 3 rings (SSSR count). The number of benzene rings is 1. The van der Waals surface area contributed by atoms with Gasteiger partial charge in [-0.05, 0) is 23.8 Å². The summed E-state index contributed by atoms with van der Waals surface area (Å²) in [4.78, 5) is 15.3. The van der Waals surface area contributed by atoms with Gasteiger partial charge in [-0.1, -0.05) is 29.8 Å². The molecule has 1 aromatic heterocycles. The molecule has 2 heterocycles. The van der Waals surface area contributed by atoms with E-state index in [0.717, 1.165) is 47.9 Å². The Hall–Kier alpha value is -1.44. The Morgan fingerprint density at radius 3 is 2.73 bits per heavy atom. The van der Waals surface area contributed by atoms with Gasteiger partial charge in [-0.3, -0.25) is 4.79 Å². The Balaban J connectivity index is 1.37. The van der Waals surface area contributed by atoms with Gasteiger partial charge >= 0.3 is 0 Å². The molecular formula is C19H24ClN2O3S+. The van der Waals surface area contributed by atoms with Crippen molar-refractivity contribution in [1.29, 1.82) is 0 Å². The Kier molecular flexibility index (Phi) is 7.05. The number of aliphatic hydroxyl groups is 1. The zero-order chi connectivity index (χ0) is 18.4. The Morgan fingerprint density at radius 1 is 1.27 bits per heavy atom. The van der Waals surface area contributed by atoms with Crippen LogP contribution in [0.4, 0.5) is 5.00 Å². The highest BCUT2D eigenvalue weighted by Gasteiger charge is 2.23. The highest BCUT2D eigenvalue weighted by atomic mass is 35.5. The summed E-state index contributed by atoms with van der Waals surface area (Å²) in [5, 5.41) is 12.1. The fourth-order valence-corrected chi connectivity index (χ4v) is 4.20. The van der Waals surface area contributed by atoms with Crippen molar-refractivity contribution < 1.29 is 19.5 Å². The first kappa shape index (κ1) is 19.3. The number of quaternary nitrogens is 1. The number of aldehydes is 1. The highest BCUT2D eigenvalue weighted by Crippen LogP contribution is 2.24. The van der Waals surface area contributed by atoms with Gasteiger partial charge < -0.3 is 19.6 Å². The first-order valence-corrected chi connectivity index (χ1v) is 9.98. The maximum Gasteiger partial charge on any atom is 0.160 e. The van der Waals surface area contributed by atoms with Crippen LogP contribution < -0.4 is 9.80 Å². The Labute approximate surface area is 162 Å². The summed E-state index contributed by atoms with van der Waals surface area (Å²) in [6, 6.07) is 11.5. The van der Waals surface area contributed by atoms with E-state index in [1.54, 1.807) is 0 Å². The molecule has 0 bridgehead atoms. The number of carbonyl (C=O) groups is 1. The zero-order valence-electron chi connectivity index (χ0n) is 14.6. The number of nitrogens with one attached hydrogen (secondary N) is 1. The third-order valence-electron chi connectivity index (χ3n) is 4.56. The Morgan fingerprint density at radius 2 is 2.04 bits per heavy atom. The second-order valence-corrected chi connectivity index (χ2v) is 8.00. The lowest BCUT2D eigenvalue weighted by Crippen LogP contribution is -3.16. The van der Waals surface area contributed by atoms with Crippen LogP contribution in [0.2, 0.25) is 5.02 Å². The van der Waals surface area contributed by atoms with E-state index in [1.165, 1.54) is 16.2 Å². The molecule has 5 nitrogen and oxygen atoms in total. The van der Waals surface area contributed by atoms with Gasteiger partial charge in [0.05, 0.1) is 49.3 Å². The van der Waals surface area contributed by atoms with Crippen LogP contribution >= 0.6 is 22.9 Å². The largest absolute Gasteiger partial charge is 0.385 e. The number of ether oxygens (including phenoxy) is 1. The van der Waals surface area contributed by atoms with E-state index in [2.05, 4.69) is 4.90 Å². The molecule has 1 atom stereocenters. The summed E-state index contributed by atoms with van der Waals surface area (Å²) in [6.07, 6.45) is 0.414. The molecule has 0 amide bonds. The molecular weight excluding hydrogens is 372 g/mol. The first-order chi connectivity index (χ1) is 12.7. The molecule has 1 aliphatic heterocycles. The predicted molar refractivity (Wildman–Crippen MR) is 105 cm³/mol. The van der Waals surface area contributed by atoms with Crippen molar-refractivity contribution in [3.05, 3.63) is 51.9 Å². The molecule has 0 spiro atoms. The predicted octanol–water partition coefficient (Wildman–Crippen LogP) is 1.50. The summed E-state index contributed by atoms with van der Waals surface area (Å²) in [7, 11) is 0. The summed E-state index contributed by atoms with van der Waals surface area (Å²) in [5.41, 5.74) is 0.938. The van der Waals surface area contributed by atoms with Crippen LogP contribution in [0.5, 0.6) is 0 Å². The molecule has 26 heavy (non-hydrogen) atoms. The number of nitrogens with zero attached hydrogens (tertiary/aromatic N) is 1. The molecule has 2 aromatic rings. The zero-order valence-corrected chi connectivity index (χ0v) is 16.1. The van der Waals surface area contributed by atoms with Crippen LogP contribution in [0.15, 0.2) is 36.4 Å². The normalized spacial score (nSPS) is 16.6. The molecule has 1 saturated heterocycles. The minimum absolute atomic E-state index is 0.312. The van der Waals surface area contributed by atoms with Crippen molar-refractivity contribution in [3.8, 4) is 0 Å². The quantitative estimate of drug-likeness (QED) is 0.665. The number of aliphatic hydroxyl groups excluding tert-OH is 1. The van der Waals surface area contributed by atoms with E-state index in [4.69, 9.17) is 16.3 Å². The van der Waals surface area contributed by atoms with Crippen LogP contribution in [-0.4, -0.2) is 56.8 Å². The first-order valence-electron chi connectivity index (χ1n) is 8.78. The van der Waals surface area contributed by atoms with Crippen LogP contribution in [0, 0.1) is 0 Å². The standard InChI is InChI=1S/C19H23ClN2O3S/c20-18-4-2-1-3-15(18)13-25-14-16(24)11-21-7-9-22(10-8-21)19-6-5-17(12-23)26-19/h1-6,12,16,24H,7-11,13-14H2/p+1/t16-/m0/s1. The lowest BCUT2D eigenvalue weighted by atomic mass is 10.2. The minimum Gasteiger partial charge on any atom is -0.385 e. The fourth-order valence-electron chi connectivity index (χ4n) is 3.14. The fraction of sp³-hybridized carbons (Fsp3) is 0.421. The van der Waals surface area contributed by atoms with Gasteiger partial charge in [0, 0.05) is 5.02 Å². The molecule has 140 valence electrons. The average molecular weight is 396 g/mol. The number of anilines is 1. The molecule has 0 unspecified atom stereocenters. The highest BCUT2D eigenvalue weighted by molar-refractivity contribution is 7.17.